The first-order chi connectivity index (χ1) is 6.39. The molecule has 0 radical (unpaired) electrons. The van der Waals surface area contributed by atoms with Gasteiger partial charge in [-0.1, -0.05) is 34.8 Å². The van der Waals surface area contributed by atoms with Gasteiger partial charge in [0.15, 0.2) is 0 Å². The average molecular weight is 364 g/mol. The third kappa shape index (κ3) is 3.81. The zero-order valence-corrected chi connectivity index (χ0v) is 11.2. The number of benzene rings is 1. The Bertz CT molecular complexity index is 333. The van der Waals surface area contributed by atoms with E-state index in [1.807, 2.05) is 12.1 Å². The summed E-state index contributed by atoms with van der Waals surface area (Å²) in [7, 11) is 0. The molecule has 0 atom stereocenters. The van der Waals surface area contributed by atoms with Crippen molar-refractivity contribution in [2.24, 2.45) is 0 Å². The molecule has 0 spiro atoms. The van der Waals surface area contributed by atoms with Crippen molar-refractivity contribution < 1.29 is 4.79 Å². The van der Waals surface area contributed by atoms with Crippen LogP contribution in [0.5, 0.6) is 0 Å². The highest BCUT2D eigenvalue weighted by molar-refractivity contribution is 14.1. The van der Waals surface area contributed by atoms with Crippen LogP contribution >= 0.6 is 57.4 Å². The van der Waals surface area contributed by atoms with Crippen LogP contribution in [0.1, 0.15) is 0 Å². The number of rotatable bonds is 1. The number of amides is 1. The molecule has 0 unspecified atom stereocenters. The summed E-state index contributed by atoms with van der Waals surface area (Å²) in [5.41, 5.74) is 0.599. The quantitative estimate of drug-likeness (QED) is 0.599. The van der Waals surface area contributed by atoms with Gasteiger partial charge >= 0.3 is 0 Å². The van der Waals surface area contributed by atoms with Crippen molar-refractivity contribution >= 4 is 69.0 Å². The molecule has 6 heteroatoms. The second kappa shape index (κ2) is 4.88. The van der Waals surface area contributed by atoms with Crippen molar-refractivity contribution in [2.75, 3.05) is 5.32 Å². The second-order valence-electron chi connectivity index (χ2n) is 2.46. The highest BCUT2D eigenvalue weighted by Gasteiger charge is 2.30. The summed E-state index contributed by atoms with van der Waals surface area (Å²) in [5, 5.41) is 2.47. The predicted molar refractivity (Wildman–Crippen MR) is 68.1 cm³/mol. The van der Waals surface area contributed by atoms with Crippen LogP contribution in [0.4, 0.5) is 5.69 Å². The number of carbonyl (C=O) groups is 1. The maximum absolute atomic E-state index is 11.2. The van der Waals surface area contributed by atoms with Crippen molar-refractivity contribution in [1.29, 1.82) is 0 Å². The van der Waals surface area contributed by atoms with Gasteiger partial charge in [-0.2, -0.15) is 0 Å². The van der Waals surface area contributed by atoms with E-state index in [9.17, 15) is 4.79 Å². The normalized spacial score (nSPS) is 11.1. The fourth-order valence-corrected chi connectivity index (χ4v) is 1.24. The zero-order chi connectivity index (χ0) is 10.8. The Labute approximate surface area is 110 Å². The molecule has 1 aromatic rings. The Hall–Kier alpha value is 0.290. The molecule has 0 saturated carbocycles. The molecule has 14 heavy (non-hydrogen) atoms. The largest absolute Gasteiger partial charge is 0.322 e. The van der Waals surface area contributed by atoms with Gasteiger partial charge < -0.3 is 5.32 Å². The number of alkyl halides is 3. The fraction of sp³-hybridized carbons (Fsp3) is 0.125. The standard InChI is InChI=1S/C8H5Cl3INO/c9-8(10,11)7(14)13-6-3-1-5(12)2-4-6/h1-4H,(H,13,14). The second-order valence-corrected chi connectivity index (χ2v) is 5.99. The highest BCUT2D eigenvalue weighted by Crippen LogP contribution is 2.27. The van der Waals surface area contributed by atoms with E-state index >= 15 is 0 Å². The molecule has 1 rings (SSSR count). The van der Waals surface area contributed by atoms with Crippen molar-refractivity contribution in [3.8, 4) is 0 Å². The maximum Gasteiger partial charge on any atom is 0.276 e. The van der Waals surface area contributed by atoms with E-state index in [2.05, 4.69) is 27.9 Å². The maximum atomic E-state index is 11.2. The first-order valence-corrected chi connectivity index (χ1v) is 5.74. The van der Waals surface area contributed by atoms with E-state index < -0.39 is 9.70 Å². The van der Waals surface area contributed by atoms with Crippen LogP contribution in [0.2, 0.25) is 0 Å². The van der Waals surface area contributed by atoms with Gasteiger partial charge in [-0.3, -0.25) is 4.79 Å². The molecule has 1 aromatic carbocycles. The lowest BCUT2D eigenvalue weighted by Crippen LogP contribution is -2.26. The molecule has 0 bridgehead atoms. The number of nitrogens with one attached hydrogen (secondary N) is 1. The topological polar surface area (TPSA) is 29.1 Å². The summed E-state index contributed by atoms with van der Waals surface area (Å²) < 4.78 is -0.863. The number of carbonyl (C=O) groups excluding carboxylic acids is 1. The molecule has 0 saturated heterocycles. The van der Waals surface area contributed by atoms with Crippen molar-refractivity contribution in [3.05, 3.63) is 27.8 Å². The van der Waals surface area contributed by atoms with Crippen LogP contribution in [0, 0.1) is 3.57 Å². The third-order valence-corrected chi connectivity index (χ3v) is 2.59. The summed E-state index contributed by atoms with van der Waals surface area (Å²) in [6, 6.07) is 7.15. The van der Waals surface area contributed by atoms with Crippen molar-refractivity contribution in [3.63, 3.8) is 0 Å². The minimum absolute atomic E-state index is 0.599. The Balaban J connectivity index is 2.71. The number of hydrogen-bond acceptors (Lipinski definition) is 1. The van der Waals surface area contributed by atoms with E-state index in [1.54, 1.807) is 12.1 Å². The van der Waals surface area contributed by atoms with Gasteiger partial charge in [-0.05, 0) is 46.9 Å². The summed E-state index contributed by atoms with van der Waals surface area (Å²) in [4.78, 5) is 11.2. The van der Waals surface area contributed by atoms with E-state index in [1.165, 1.54) is 0 Å². The SMILES string of the molecule is O=C(Nc1ccc(I)cc1)C(Cl)(Cl)Cl. The van der Waals surface area contributed by atoms with Gasteiger partial charge in [0.1, 0.15) is 0 Å². The smallest absolute Gasteiger partial charge is 0.276 e. The Morgan fingerprint density at radius 1 is 1.21 bits per heavy atom. The van der Waals surface area contributed by atoms with Crippen LogP contribution in [0.15, 0.2) is 24.3 Å². The van der Waals surface area contributed by atoms with Gasteiger partial charge in [0, 0.05) is 9.26 Å². The zero-order valence-electron chi connectivity index (χ0n) is 6.73. The molecule has 0 heterocycles. The molecule has 76 valence electrons. The summed E-state index contributed by atoms with van der Waals surface area (Å²) >= 11 is 18.3. The molecular weight excluding hydrogens is 359 g/mol. The van der Waals surface area contributed by atoms with Crippen LogP contribution < -0.4 is 5.32 Å². The number of anilines is 1. The van der Waals surface area contributed by atoms with E-state index in [4.69, 9.17) is 34.8 Å². The lowest BCUT2D eigenvalue weighted by atomic mass is 10.3. The van der Waals surface area contributed by atoms with Crippen LogP contribution in [0.3, 0.4) is 0 Å². The molecular formula is C8H5Cl3INO. The molecule has 0 aliphatic rings. The van der Waals surface area contributed by atoms with Crippen LogP contribution in [-0.4, -0.2) is 9.70 Å². The van der Waals surface area contributed by atoms with E-state index in [0.717, 1.165) is 3.57 Å². The number of hydrogen-bond donors (Lipinski definition) is 1. The molecule has 0 aliphatic carbocycles. The number of halogens is 4. The predicted octanol–water partition coefficient (Wildman–Crippen LogP) is 3.60. The van der Waals surface area contributed by atoms with Gasteiger partial charge in [-0.25, -0.2) is 0 Å². The lowest BCUT2D eigenvalue weighted by molar-refractivity contribution is -0.115. The minimum Gasteiger partial charge on any atom is -0.322 e. The molecule has 0 aromatic heterocycles. The third-order valence-electron chi connectivity index (χ3n) is 1.36. The average Bonchev–Trinajstić information content (AvgIpc) is 2.07. The monoisotopic (exact) mass is 363 g/mol. The Kier molecular flexibility index (Phi) is 4.30. The van der Waals surface area contributed by atoms with Crippen LogP contribution in [-0.2, 0) is 4.79 Å². The van der Waals surface area contributed by atoms with E-state index in [-0.39, 0.29) is 0 Å². The Morgan fingerprint density at radius 2 is 1.71 bits per heavy atom. The highest BCUT2D eigenvalue weighted by atomic mass is 127. The molecule has 0 fully saturated rings. The fourth-order valence-electron chi connectivity index (χ4n) is 0.735. The Morgan fingerprint density at radius 3 is 2.14 bits per heavy atom. The summed E-state index contributed by atoms with van der Waals surface area (Å²) in [6.07, 6.45) is 0. The molecule has 1 N–H and O–H groups in total. The van der Waals surface area contributed by atoms with Crippen molar-refractivity contribution in [2.45, 2.75) is 3.79 Å². The molecule has 0 aliphatic heterocycles. The minimum atomic E-state index is -1.93. The van der Waals surface area contributed by atoms with Gasteiger partial charge in [-0.15, -0.1) is 0 Å². The van der Waals surface area contributed by atoms with Gasteiger partial charge in [0.25, 0.3) is 9.70 Å². The first-order valence-electron chi connectivity index (χ1n) is 3.53. The molecule has 1 amide bonds. The van der Waals surface area contributed by atoms with Gasteiger partial charge in [0.2, 0.25) is 0 Å². The van der Waals surface area contributed by atoms with Gasteiger partial charge in [0.05, 0.1) is 0 Å². The van der Waals surface area contributed by atoms with Crippen LogP contribution in [0.25, 0.3) is 0 Å². The summed E-state index contributed by atoms with van der Waals surface area (Å²) in [5.74, 6) is -0.663. The summed E-state index contributed by atoms with van der Waals surface area (Å²) in [6.45, 7) is 0. The van der Waals surface area contributed by atoms with Crippen molar-refractivity contribution in [1.82, 2.24) is 0 Å². The van der Waals surface area contributed by atoms with E-state index in [0.29, 0.717) is 5.69 Å². The first kappa shape index (κ1) is 12.4. The molecule has 2 nitrogen and oxygen atoms in total. The lowest BCUT2D eigenvalue weighted by Gasteiger charge is -2.11.